The number of ether oxygens (including phenoxy) is 1. The van der Waals surface area contributed by atoms with Crippen LogP contribution in [0, 0.1) is 0 Å². The van der Waals surface area contributed by atoms with E-state index in [2.05, 4.69) is 5.32 Å². The van der Waals surface area contributed by atoms with Gasteiger partial charge < -0.3 is 10.1 Å². The molecule has 6 heteroatoms. The molecule has 0 aliphatic rings. The Bertz CT molecular complexity index is 1200. The number of amides is 1. The summed E-state index contributed by atoms with van der Waals surface area (Å²) in [6.45, 7) is 2.54. The van der Waals surface area contributed by atoms with E-state index in [1.807, 2.05) is 55.5 Å². The number of nitrogens with one attached hydrogen (secondary N) is 1. The van der Waals surface area contributed by atoms with Crippen LogP contribution in [0.5, 0.6) is 5.75 Å². The van der Waals surface area contributed by atoms with Crippen molar-refractivity contribution >= 4 is 45.7 Å². The standard InChI is InChI=1S/C24H18Cl2N2O2/c1-2-30-19-9-7-15(8-10-19)23-14-21(20-5-3-4-6-22(20)28-23)24(29)27-18-12-16(25)11-17(26)13-18/h3-14H,2H2,1H3,(H,27,29). The highest BCUT2D eigenvalue weighted by molar-refractivity contribution is 6.35. The smallest absolute Gasteiger partial charge is 0.256 e. The van der Waals surface area contributed by atoms with E-state index in [9.17, 15) is 4.79 Å². The Hall–Kier alpha value is -3.08. The van der Waals surface area contributed by atoms with Gasteiger partial charge in [-0.2, -0.15) is 0 Å². The zero-order valence-corrected chi connectivity index (χ0v) is 17.7. The molecule has 0 aliphatic carbocycles. The first-order chi connectivity index (χ1) is 14.5. The zero-order chi connectivity index (χ0) is 21.1. The first kappa shape index (κ1) is 20.2. The van der Waals surface area contributed by atoms with E-state index in [0.717, 1.165) is 22.2 Å². The van der Waals surface area contributed by atoms with Gasteiger partial charge in [-0.1, -0.05) is 41.4 Å². The Balaban J connectivity index is 1.75. The third-order valence-corrected chi connectivity index (χ3v) is 4.98. The first-order valence-corrected chi connectivity index (χ1v) is 10.2. The van der Waals surface area contributed by atoms with E-state index in [4.69, 9.17) is 32.9 Å². The summed E-state index contributed by atoms with van der Waals surface area (Å²) in [5, 5.41) is 4.55. The number of halogens is 2. The van der Waals surface area contributed by atoms with Crippen molar-refractivity contribution in [2.45, 2.75) is 6.92 Å². The maximum Gasteiger partial charge on any atom is 0.256 e. The van der Waals surface area contributed by atoms with Crippen LogP contribution in [0.3, 0.4) is 0 Å². The summed E-state index contributed by atoms with van der Waals surface area (Å²) in [6, 6.07) is 21.9. The Morgan fingerprint density at radius 2 is 1.67 bits per heavy atom. The van der Waals surface area contributed by atoms with Gasteiger partial charge in [0.25, 0.3) is 5.91 Å². The van der Waals surface area contributed by atoms with Gasteiger partial charge in [0.1, 0.15) is 5.75 Å². The molecule has 4 nitrogen and oxygen atoms in total. The van der Waals surface area contributed by atoms with E-state index in [1.54, 1.807) is 24.3 Å². The Labute approximate surface area is 184 Å². The highest BCUT2D eigenvalue weighted by Gasteiger charge is 2.15. The topological polar surface area (TPSA) is 51.2 Å². The molecule has 1 heterocycles. The molecule has 0 saturated heterocycles. The van der Waals surface area contributed by atoms with Gasteiger partial charge in [-0.15, -0.1) is 0 Å². The van der Waals surface area contributed by atoms with Crippen LogP contribution in [-0.4, -0.2) is 17.5 Å². The average Bonchev–Trinajstić information content (AvgIpc) is 2.73. The van der Waals surface area contributed by atoms with E-state index in [-0.39, 0.29) is 5.91 Å². The summed E-state index contributed by atoms with van der Waals surface area (Å²) in [5.74, 6) is 0.525. The number of rotatable bonds is 5. The molecule has 3 aromatic carbocycles. The van der Waals surface area contributed by atoms with Gasteiger partial charge in [0.2, 0.25) is 0 Å². The number of hydrogen-bond donors (Lipinski definition) is 1. The van der Waals surface area contributed by atoms with Crippen molar-refractivity contribution in [1.82, 2.24) is 4.98 Å². The molecule has 4 aromatic rings. The van der Waals surface area contributed by atoms with Gasteiger partial charge in [0, 0.05) is 26.7 Å². The van der Waals surface area contributed by atoms with Gasteiger partial charge in [-0.3, -0.25) is 4.79 Å². The van der Waals surface area contributed by atoms with E-state index < -0.39 is 0 Å². The Kier molecular flexibility index (Phi) is 5.88. The second-order valence-corrected chi connectivity index (χ2v) is 7.51. The molecule has 0 aliphatic heterocycles. The maximum atomic E-state index is 13.1. The summed E-state index contributed by atoms with van der Waals surface area (Å²) in [7, 11) is 0. The molecule has 4 rings (SSSR count). The van der Waals surface area contributed by atoms with Crippen LogP contribution in [0.4, 0.5) is 5.69 Å². The monoisotopic (exact) mass is 436 g/mol. The minimum atomic E-state index is -0.265. The minimum Gasteiger partial charge on any atom is -0.494 e. The molecule has 0 saturated carbocycles. The summed E-state index contributed by atoms with van der Waals surface area (Å²) < 4.78 is 5.51. The fourth-order valence-corrected chi connectivity index (χ4v) is 3.75. The molecule has 0 atom stereocenters. The molecular formula is C24H18Cl2N2O2. The van der Waals surface area contributed by atoms with E-state index >= 15 is 0 Å². The van der Waals surface area contributed by atoms with Crippen molar-refractivity contribution in [3.63, 3.8) is 0 Å². The van der Waals surface area contributed by atoms with E-state index in [0.29, 0.717) is 33.6 Å². The van der Waals surface area contributed by atoms with Crippen molar-refractivity contribution in [2.24, 2.45) is 0 Å². The maximum absolute atomic E-state index is 13.1. The lowest BCUT2D eigenvalue weighted by Crippen LogP contribution is -2.13. The molecule has 0 radical (unpaired) electrons. The summed E-state index contributed by atoms with van der Waals surface area (Å²) in [6.07, 6.45) is 0. The van der Waals surface area contributed by atoms with Gasteiger partial charge in [-0.25, -0.2) is 4.98 Å². The molecule has 0 unspecified atom stereocenters. The third-order valence-electron chi connectivity index (χ3n) is 4.54. The highest BCUT2D eigenvalue weighted by atomic mass is 35.5. The summed E-state index contributed by atoms with van der Waals surface area (Å²) in [4.78, 5) is 17.9. The molecule has 1 amide bonds. The number of fused-ring (bicyclic) bond motifs is 1. The second-order valence-electron chi connectivity index (χ2n) is 6.64. The van der Waals surface area contributed by atoms with Crippen molar-refractivity contribution in [3.8, 4) is 17.0 Å². The number of anilines is 1. The Morgan fingerprint density at radius 3 is 2.37 bits per heavy atom. The van der Waals surface area contributed by atoms with Gasteiger partial charge in [0.15, 0.2) is 0 Å². The lowest BCUT2D eigenvalue weighted by molar-refractivity contribution is 0.102. The molecule has 0 spiro atoms. The average molecular weight is 437 g/mol. The van der Waals surface area contributed by atoms with Crippen molar-refractivity contribution in [3.05, 3.63) is 88.4 Å². The van der Waals surface area contributed by atoms with Crippen LogP contribution in [0.25, 0.3) is 22.2 Å². The van der Waals surface area contributed by atoms with Crippen LogP contribution >= 0.6 is 23.2 Å². The Morgan fingerprint density at radius 1 is 0.967 bits per heavy atom. The predicted molar refractivity (Wildman–Crippen MR) is 123 cm³/mol. The number of carbonyl (C=O) groups excluding carboxylic acids is 1. The number of carbonyl (C=O) groups is 1. The number of benzene rings is 3. The van der Waals surface area contributed by atoms with Crippen molar-refractivity contribution in [2.75, 3.05) is 11.9 Å². The summed E-state index contributed by atoms with van der Waals surface area (Å²) in [5.41, 5.74) is 3.37. The first-order valence-electron chi connectivity index (χ1n) is 9.44. The fourth-order valence-electron chi connectivity index (χ4n) is 3.22. The van der Waals surface area contributed by atoms with Gasteiger partial charge in [-0.05, 0) is 61.5 Å². The predicted octanol–water partition coefficient (Wildman–Crippen LogP) is 6.86. The third kappa shape index (κ3) is 4.40. The number of aromatic nitrogens is 1. The number of para-hydroxylation sites is 1. The number of hydrogen-bond acceptors (Lipinski definition) is 3. The number of pyridine rings is 1. The molecule has 1 aromatic heterocycles. The normalized spacial score (nSPS) is 10.8. The fraction of sp³-hybridized carbons (Fsp3) is 0.0833. The molecule has 150 valence electrons. The molecular weight excluding hydrogens is 419 g/mol. The minimum absolute atomic E-state index is 0.265. The highest BCUT2D eigenvalue weighted by Crippen LogP contribution is 2.28. The number of nitrogens with zero attached hydrogens (tertiary/aromatic N) is 1. The quantitative estimate of drug-likeness (QED) is 0.371. The van der Waals surface area contributed by atoms with Crippen molar-refractivity contribution < 1.29 is 9.53 Å². The van der Waals surface area contributed by atoms with Crippen LogP contribution in [0.1, 0.15) is 17.3 Å². The SMILES string of the molecule is CCOc1ccc(-c2cc(C(=O)Nc3cc(Cl)cc(Cl)c3)c3ccccc3n2)cc1. The summed E-state index contributed by atoms with van der Waals surface area (Å²) >= 11 is 12.1. The van der Waals surface area contributed by atoms with Crippen LogP contribution in [-0.2, 0) is 0 Å². The van der Waals surface area contributed by atoms with Gasteiger partial charge in [0.05, 0.1) is 23.4 Å². The molecule has 1 N–H and O–H groups in total. The molecule has 30 heavy (non-hydrogen) atoms. The zero-order valence-electron chi connectivity index (χ0n) is 16.2. The lowest BCUT2D eigenvalue weighted by atomic mass is 10.0. The van der Waals surface area contributed by atoms with Crippen LogP contribution < -0.4 is 10.1 Å². The largest absolute Gasteiger partial charge is 0.494 e. The van der Waals surface area contributed by atoms with E-state index in [1.165, 1.54) is 0 Å². The molecule has 0 fully saturated rings. The lowest BCUT2D eigenvalue weighted by Gasteiger charge is -2.12. The molecule has 0 bridgehead atoms. The van der Waals surface area contributed by atoms with Crippen molar-refractivity contribution in [1.29, 1.82) is 0 Å². The van der Waals surface area contributed by atoms with Crippen LogP contribution in [0.15, 0.2) is 72.8 Å². The second kappa shape index (κ2) is 8.74. The van der Waals surface area contributed by atoms with Crippen LogP contribution in [0.2, 0.25) is 10.0 Å². The van der Waals surface area contributed by atoms with Gasteiger partial charge >= 0.3 is 0 Å².